The van der Waals surface area contributed by atoms with Crippen LogP contribution in [0.3, 0.4) is 0 Å². The molecule has 0 radical (unpaired) electrons. The number of hydrogen-bond donors (Lipinski definition) is 6. The second-order valence-electron chi connectivity index (χ2n) is 5.32. The first-order valence-corrected chi connectivity index (χ1v) is 8.77. The van der Waals surface area contributed by atoms with E-state index in [0.717, 1.165) is 19.1 Å². The number of aliphatic hydroxyl groups excluding tert-OH is 4. The van der Waals surface area contributed by atoms with Gasteiger partial charge in [-0.05, 0) is 24.1 Å². The normalized spacial score (nSPS) is 25.9. The number of hydrogen-bond acceptors (Lipinski definition) is 8. The van der Waals surface area contributed by atoms with Gasteiger partial charge in [-0.1, -0.05) is 32.9 Å². The van der Waals surface area contributed by atoms with Gasteiger partial charge in [0.25, 0.3) is 0 Å². The first kappa shape index (κ1) is 25.8. The molecule has 0 bridgehead atoms. The maximum atomic E-state index is 11.8. The highest BCUT2D eigenvalue weighted by Gasteiger charge is 2.48. The number of carbonyl (C=O) groups excluding carboxylic acids is 1. The van der Waals surface area contributed by atoms with Gasteiger partial charge in [0.1, 0.15) is 18.3 Å². The molecule has 10 heteroatoms. The van der Waals surface area contributed by atoms with Gasteiger partial charge in [0.2, 0.25) is 6.29 Å². The van der Waals surface area contributed by atoms with Crippen LogP contribution in [0.4, 0.5) is 10.5 Å². The van der Waals surface area contributed by atoms with Gasteiger partial charge >= 0.3 is 12.1 Å². The maximum Gasteiger partial charge on any atom is 0.414 e. The van der Waals surface area contributed by atoms with Crippen molar-refractivity contribution < 1.29 is 44.6 Å². The summed E-state index contributed by atoms with van der Waals surface area (Å²) in [5.74, 6) is -1.56. The fourth-order valence-corrected chi connectivity index (χ4v) is 2.23. The Bertz CT molecular complexity index is 593. The molecule has 2 rings (SSSR count). The van der Waals surface area contributed by atoms with Gasteiger partial charge in [0.15, 0.2) is 6.10 Å². The number of ether oxygens (including phenoxy) is 2. The average molecular weight is 403 g/mol. The van der Waals surface area contributed by atoms with Gasteiger partial charge in [-0.25, -0.2) is 9.59 Å². The summed E-state index contributed by atoms with van der Waals surface area (Å²) >= 11 is 0. The van der Waals surface area contributed by atoms with Gasteiger partial charge in [0.05, 0.1) is 0 Å². The Morgan fingerprint density at radius 1 is 1.04 bits per heavy atom. The van der Waals surface area contributed by atoms with Crippen LogP contribution in [-0.2, 0) is 20.7 Å². The first-order chi connectivity index (χ1) is 13.3. The highest BCUT2D eigenvalue weighted by atomic mass is 16.7. The lowest BCUT2D eigenvalue weighted by Gasteiger charge is -2.37. The van der Waals surface area contributed by atoms with Crippen LogP contribution in [0.1, 0.15) is 26.3 Å². The molecule has 5 unspecified atom stereocenters. The lowest BCUT2D eigenvalue weighted by atomic mass is 9.99. The Hall–Kier alpha value is -2.24. The Balaban J connectivity index is 0.00000171. The summed E-state index contributed by atoms with van der Waals surface area (Å²) in [6.07, 6.45) is -9.20. The summed E-state index contributed by atoms with van der Waals surface area (Å²) in [7, 11) is 1.00. The highest BCUT2D eigenvalue weighted by Crippen LogP contribution is 2.23. The summed E-state index contributed by atoms with van der Waals surface area (Å²) in [4.78, 5) is 22.8. The van der Waals surface area contributed by atoms with E-state index in [1.807, 2.05) is 32.9 Å². The summed E-state index contributed by atoms with van der Waals surface area (Å²) in [6, 6.07) is 6.91. The highest BCUT2D eigenvalue weighted by molar-refractivity contribution is 5.84. The Morgan fingerprint density at radius 3 is 2.04 bits per heavy atom. The van der Waals surface area contributed by atoms with Crippen molar-refractivity contribution in [3.63, 3.8) is 0 Å². The molecule has 0 saturated carbocycles. The molecule has 1 fully saturated rings. The van der Waals surface area contributed by atoms with E-state index < -0.39 is 42.8 Å². The lowest BCUT2D eigenvalue weighted by molar-refractivity contribution is -0.277. The number of carbonyl (C=O) groups is 2. The molecule has 0 spiro atoms. The third-order valence-corrected chi connectivity index (χ3v) is 3.64. The molecule has 28 heavy (non-hydrogen) atoms. The van der Waals surface area contributed by atoms with E-state index in [-0.39, 0.29) is 0 Å². The Morgan fingerprint density at radius 2 is 1.57 bits per heavy atom. The standard InChI is InChI=1S/C15H19NO8.C2H6.CH4O/c1-2-7-3-5-8(6-4-7)16-15(22)24-14-11(19)9(17)10(18)12(23-14)13(20)21;2*1-2/h3-6,9-12,14,17-19H,2H2,1H3,(H,16,22)(H,20,21);1-2H3;2H,1H3. The smallest absolute Gasteiger partial charge is 0.414 e. The maximum absolute atomic E-state index is 11.8. The summed E-state index contributed by atoms with van der Waals surface area (Å²) < 4.78 is 9.65. The summed E-state index contributed by atoms with van der Waals surface area (Å²) in [5, 5.41) is 47.2. The Kier molecular flexibility index (Phi) is 12.0. The fraction of sp³-hybridized carbons (Fsp3) is 0.556. The van der Waals surface area contributed by atoms with Gasteiger partial charge < -0.3 is 35.0 Å². The molecule has 0 aliphatic carbocycles. The van der Waals surface area contributed by atoms with Crippen LogP contribution < -0.4 is 5.32 Å². The van der Waals surface area contributed by atoms with Crippen molar-refractivity contribution in [1.82, 2.24) is 0 Å². The van der Waals surface area contributed by atoms with Gasteiger partial charge in [-0.3, -0.25) is 5.32 Å². The molecule has 1 aliphatic rings. The molecule has 1 aliphatic heterocycles. The van der Waals surface area contributed by atoms with Gasteiger partial charge in [0, 0.05) is 12.8 Å². The predicted octanol–water partition coefficient (Wildman–Crippen LogP) is 0.324. The largest absolute Gasteiger partial charge is 0.479 e. The number of carboxylic acids is 1. The predicted molar refractivity (Wildman–Crippen MR) is 99.7 cm³/mol. The number of aryl methyl sites for hydroxylation is 1. The minimum Gasteiger partial charge on any atom is -0.479 e. The van der Waals surface area contributed by atoms with E-state index in [0.29, 0.717) is 5.69 Å². The topological polar surface area (TPSA) is 166 Å². The van der Waals surface area contributed by atoms with Crippen molar-refractivity contribution in [3.8, 4) is 0 Å². The molecule has 1 amide bonds. The van der Waals surface area contributed by atoms with Crippen LogP contribution >= 0.6 is 0 Å². The summed E-state index contributed by atoms with van der Waals surface area (Å²) in [5.41, 5.74) is 1.50. The zero-order valence-corrected chi connectivity index (χ0v) is 16.3. The molecule has 160 valence electrons. The van der Waals surface area contributed by atoms with Crippen LogP contribution in [0.25, 0.3) is 0 Å². The van der Waals surface area contributed by atoms with Crippen molar-refractivity contribution in [2.24, 2.45) is 0 Å². The average Bonchev–Trinajstić information content (AvgIpc) is 2.71. The van der Waals surface area contributed by atoms with Crippen LogP contribution in [-0.4, -0.2) is 75.4 Å². The number of amides is 1. The van der Waals surface area contributed by atoms with E-state index in [9.17, 15) is 24.9 Å². The van der Waals surface area contributed by atoms with Gasteiger partial charge in [-0.2, -0.15) is 0 Å². The van der Waals surface area contributed by atoms with Gasteiger partial charge in [-0.15, -0.1) is 0 Å². The number of aliphatic carboxylic acids is 1. The minimum atomic E-state index is -1.85. The number of aliphatic hydroxyl groups is 4. The zero-order valence-electron chi connectivity index (χ0n) is 16.3. The molecular weight excluding hydrogens is 374 g/mol. The number of benzene rings is 1. The van der Waals surface area contributed by atoms with Crippen molar-refractivity contribution in [2.75, 3.05) is 12.4 Å². The molecular formula is C18H29NO9. The summed E-state index contributed by atoms with van der Waals surface area (Å²) in [6.45, 7) is 5.98. The van der Waals surface area contributed by atoms with E-state index >= 15 is 0 Å². The number of anilines is 1. The lowest BCUT2D eigenvalue weighted by Crippen LogP contribution is -2.60. The molecule has 0 aromatic heterocycles. The molecule has 1 aromatic rings. The van der Waals surface area contributed by atoms with Crippen molar-refractivity contribution >= 4 is 17.7 Å². The molecule has 10 nitrogen and oxygen atoms in total. The second kappa shape index (κ2) is 13.0. The third-order valence-electron chi connectivity index (χ3n) is 3.64. The molecule has 5 atom stereocenters. The Labute approximate surface area is 163 Å². The first-order valence-electron chi connectivity index (χ1n) is 8.77. The van der Waals surface area contributed by atoms with E-state index in [2.05, 4.69) is 5.32 Å². The van der Waals surface area contributed by atoms with Crippen LogP contribution in [0.15, 0.2) is 24.3 Å². The number of carboxylic acid groups (broad SMARTS) is 1. The molecule has 6 N–H and O–H groups in total. The monoisotopic (exact) mass is 403 g/mol. The SMILES string of the molecule is CC.CCc1ccc(NC(=O)OC2OC(C(=O)O)C(O)C(O)C2O)cc1.CO. The van der Waals surface area contributed by atoms with Crippen molar-refractivity contribution in [1.29, 1.82) is 0 Å². The fourth-order valence-electron chi connectivity index (χ4n) is 2.23. The zero-order chi connectivity index (χ0) is 21.9. The van der Waals surface area contributed by atoms with Crippen LogP contribution in [0.5, 0.6) is 0 Å². The van der Waals surface area contributed by atoms with E-state index in [1.165, 1.54) is 0 Å². The van der Waals surface area contributed by atoms with E-state index in [4.69, 9.17) is 19.7 Å². The minimum absolute atomic E-state index is 0.429. The quantitative estimate of drug-likeness (QED) is 0.415. The second-order valence-corrected chi connectivity index (χ2v) is 5.32. The molecule has 1 heterocycles. The van der Waals surface area contributed by atoms with Crippen molar-refractivity contribution in [2.45, 2.75) is 57.9 Å². The molecule has 1 aromatic carbocycles. The van der Waals surface area contributed by atoms with Crippen LogP contribution in [0.2, 0.25) is 0 Å². The van der Waals surface area contributed by atoms with E-state index in [1.54, 1.807) is 12.1 Å². The molecule has 1 saturated heterocycles. The third kappa shape index (κ3) is 7.06. The number of rotatable bonds is 4. The number of nitrogens with one attached hydrogen (secondary N) is 1. The van der Waals surface area contributed by atoms with Crippen LogP contribution in [0, 0.1) is 0 Å². The van der Waals surface area contributed by atoms with Crippen molar-refractivity contribution in [3.05, 3.63) is 29.8 Å².